The minimum Gasteiger partial charge on any atom is -0.337 e. The van der Waals surface area contributed by atoms with Crippen molar-refractivity contribution < 1.29 is 4.79 Å². The monoisotopic (exact) mass is 258 g/mol. The first-order valence-electron chi connectivity index (χ1n) is 6.89. The second kappa shape index (κ2) is 6.60. The maximum atomic E-state index is 11.5. The summed E-state index contributed by atoms with van der Waals surface area (Å²) < 4.78 is 0. The predicted octanol–water partition coefficient (Wildman–Crippen LogP) is 2.09. The smallest absolute Gasteiger partial charge is 0.222 e. The Labute approximate surface area is 109 Å². The molecule has 2 fully saturated rings. The highest BCUT2D eigenvalue weighted by Crippen LogP contribution is 2.22. The van der Waals surface area contributed by atoms with E-state index in [1.165, 1.54) is 25.8 Å². The molecule has 4 heteroatoms. The molecular weight excluding hydrogens is 236 g/mol. The quantitative estimate of drug-likeness (QED) is 0.538. The SMILES string of the molecule is O=C1CCC2CN(CCCCCCCl)CCN12. The Kier molecular flexibility index (Phi) is 5.11. The molecule has 1 unspecified atom stereocenters. The zero-order chi connectivity index (χ0) is 12.1. The van der Waals surface area contributed by atoms with Gasteiger partial charge in [-0.05, 0) is 25.8 Å². The standard InChI is InChI=1S/C13H23ClN2O/c14-7-3-1-2-4-8-15-9-10-16-12(11-15)5-6-13(16)17/h12H,1-11H2. The first-order valence-corrected chi connectivity index (χ1v) is 7.42. The van der Waals surface area contributed by atoms with Gasteiger partial charge >= 0.3 is 0 Å². The molecule has 3 nitrogen and oxygen atoms in total. The van der Waals surface area contributed by atoms with Crippen molar-refractivity contribution in [1.82, 2.24) is 9.80 Å². The van der Waals surface area contributed by atoms with Crippen molar-refractivity contribution in [3.63, 3.8) is 0 Å². The van der Waals surface area contributed by atoms with E-state index in [4.69, 9.17) is 11.6 Å². The number of alkyl halides is 1. The van der Waals surface area contributed by atoms with Crippen LogP contribution in [-0.4, -0.2) is 53.8 Å². The fourth-order valence-corrected chi connectivity index (χ4v) is 3.10. The average Bonchev–Trinajstić information content (AvgIpc) is 2.71. The summed E-state index contributed by atoms with van der Waals surface area (Å²) in [6.45, 7) is 4.31. The molecule has 1 atom stereocenters. The molecule has 0 N–H and O–H groups in total. The Morgan fingerprint density at radius 3 is 2.82 bits per heavy atom. The van der Waals surface area contributed by atoms with E-state index in [1.54, 1.807) is 0 Å². The van der Waals surface area contributed by atoms with Crippen LogP contribution in [0.5, 0.6) is 0 Å². The van der Waals surface area contributed by atoms with Gasteiger partial charge in [0.1, 0.15) is 0 Å². The molecule has 0 bridgehead atoms. The topological polar surface area (TPSA) is 23.6 Å². The normalized spacial score (nSPS) is 25.4. The molecule has 17 heavy (non-hydrogen) atoms. The molecule has 0 aliphatic carbocycles. The summed E-state index contributed by atoms with van der Waals surface area (Å²) in [6.07, 6.45) is 6.81. The van der Waals surface area contributed by atoms with Gasteiger partial charge in [0.15, 0.2) is 0 Å². The molecule has 2 heterocycles. The van der Waals surface area contributed by atoms with Gasteiger partial charge in [0.25, 0.3) is 0 Å². The van der Waals surface area contributed by atoms with Crippen LogP contribution >= 0.6 is 11.6 Å². The molecule has 0 aromatic carbocycles. The van der Waals surface area contributed by atoms with Crippen molar-refractivity contribution in [2.24, 2.45) is 0 Å². The van der Waals surface area contributed by atoms with Gasteiger partial charge in [-0.25, -0.2) is 0 Å². The molecule has 0 spiro atoms. The number of carbonyl (C=O) groups is 1. The summed E-state index contributed by atoms with van der Waals surface area (Å²) in [5.41, 5.74) is 0. The third kappa shape index (κ3) is 3.59. The summed E-state index contributed by atoms with van der Waals surface area (Å²) in [4.78, 5) is 16.2. The van der Waals surface area contributed by atoms with E-state index in [-0.39, 0.29) is 0 Å². The van der Waals surface area contributed by atoms with E-state index in [0.29, 0.717) is 11.9 Å². The van der Waals surface area contributed by atoms with E-state index >= 15 is 0 Å². The highest BCUT2D eigenvalue weighted by atomic mass is 35.5. The van der Waals surface area contributed by atoms with Crippen molar-refractivity contribution in [2.75, 3.05) is 32.1 Å². The van der Waals surface area contributed by atoms with Crippen LogP contribution in [0.2, 0.25) is 0 Å². The summed E-state index contributed by atoms with van der Waals surface area (Å²) >= 11 is 5.66. The lowest BCUT2D eigenvalue weighted by molar-refractivity contribution is -0.130. The third-order valence-electron chi connectivity index (χ3n) is 3.94. The fraction of sp³-hybridized carbons (Fsp3) is 0.923. The summed E-state index contributed by atoms with van der Waals surface area (Å²) in [5, 5.41) is 0. The number of nitrogens with zero attached hydrogens (tertiary/aromatic N) is 2. The molecular formula is C13H23ClN2O. The molecule has 0 radical (unpaired) electrons. The van der Waals surface area contributed by atoms with Crippen LogP contribution in [0.4, 0.5) is 0 Å². The van der Waals surface area contributed by atoms with Crippen molar-refractivity contribution in [3.05, 3.63) is 0 Å². The van der Waals surface area contributed by atoms with Crippen LogP contribution < -0.4 is 0 Å². The Morgan fingerprint density at radius 2 is 2.00 bits per heavy atom. The number of unbranched alkanes of at least 4 members (excludes halogenated alkanes) is 3. The summed E-state index contributed by atoms with van der Waals surface area (Å²) in [6, 6.07) is 0.513. The molecule has 2 saturated heterocycles. The zero-order valence-electron chi connectivity index (χ0n) is 10.5. The average molecular weight is 259 g/mol. The van der Waals surface area contributed by atoms with Crippen LogP contribution in [0.25, 0.3) is 0 Å². The minimum absolute atomic E-state index is 0.372. The van der Waals surface area contributed by atoms with Gasteiger partial charge in [-0.15, -0.1) is 11.6 Å². The van der Waals surface area contributed by atoms with Crippen LogP contribution in [0.15, 0.2) is 0 Å². The molecule has 2 aliphatic rings. The predicted molar refractivity (Wildman–Crippen MR) is 70.4 cm³/mol. The third-order valence-corrected chi connectivity index (χ3v) is 4.20. The Morgan fingerprint density at radius 1 is 1.18 bits per heavy atom. The minimum atomic E-state index is 0.372. The number of piperazine rings is 1. The van der Waals surface area contributed by atoms with E-state index in [1.807, 2.05) is 0 Å². The number of carbonyl (C=O) groups excluding carboxylic acids is 1. The van der Waals surface area contributed by atoms with Crippen molar-refractivity contribution in [2.45, 2.75) is 44.6 Å². The lowest BCUT2D eigenvalue weighted by atomic mass is 10.1. The molecule has 0 saturated carbocycles. The second-order valence-corrected chi connectivity index (χ2v) is 5.56. The first kappa shape index (κ1) is 13.2. The fourth-order valence-electron chi connectivity index (χ4n) is 2.92. The van der Waals surface area contributed by atoms with Crippen LogP contribution in [-0.2, 0) is 4.79 Å². The van der Waals surface area contributed by atoms with E-state index in [9.17, 15) is 4.79 Å². The molecule has 0 aromatic heterocycles. The van der Waals surface area contributed by atoms with Gasteiger partial charge in [-0.2, -0.15) is 0 Å². The van der Waals surface area contributed by atoms with Gasteiger partial charge < -0.3 is 4.90 Å². The Hall–Kier alpha value is -0.280. The molecule has 1 amide bonds. The number of fused-ring (bicyclic) bond motifs is 1. The second-order valence-electron chi connectivity index (χ2n) is 5.18. The Bertz CT molecular complexity index is 260. The maximum absolute atomic E-state index is 11.5. The zero-order valence-corrected chi connectivity index (χ0v) is 11.3. The number of rotatable bonds is 6. The largest absolute Gasteiger partial charge is 0.337 e. The van der Waals surface area contributed by atoms with Crippen LogP contribution in [0.3, 0.4) is 0 Å². The number of amides is 1. The number of halogens is 1. The van der Waals surface area contributed by atoms with Crippen molar-refractivity contribution >= 4 is 17.5 Å². The van der Waals surface area contributed by atoms with Crippen molar-refractivity contribution in [1.29, 1.82) is 0 Å². The number of hydrogen-bond donors (Lipinski definition) is 0. The molecule has 2 aliphatic heterocycles. The molecule has 2 rings (SSSR count). The van der Waals surface area contributed by atoms with Gasteiger partial charge in [-0.3, -0.25) is 9.69 Å². The molecule has 98 valence electrons. The van der Waals surface area contributed by atoms with Gasteiger partial charge in [0.2, 0.25) is 5.91 Å². The number of hydrogen-bond acceptors (Lipinski definition) is 2. The van der Waals surface area contributed by atoms with Gasteiger partial charge in [-0.1, -0.05) is 12.8 Å². The maximum Gasteiger partial charge on any atom is 0.222 e. The Balaban J connectivity index is 1.62. The van der Waals surface area contributed by atoms with Gasteiger partial charge in [0.05, 0.1) is 0 Å². The summed E-state index contributed by atoms with van der Waals surface area (Å²) in [7, 11) is 0. The van der Waals surface area contributed by atoms with Crippen LogP contribution in [0, 0.1) is 0 Å². The lowest BCUT2D eigenvalue weighted by Crippen LogP contribution is -2.51. The first-order chi connectivity index (χ1) is 8.31. The molecule has 0 aromatic rings. The van der Waals surface area contributed by atoms with E-state index < -0.39 is 0 Å². The van der Waals surface area contributed by atoms with Crippen molar-refractivity contribution in [3.8, 4) is 0 Å². The van der Waals surface area contributed by atoms with Gasteiger partial charge in [0, 0.05) is 38.0 Å². The van der Waals surface area contributed by atoms with E-state index in [0.717, 1.165) is 44.8 Å². The van der Waals surface area contributed by atoms with E-state index in [2.05, 4.69) is 9.80 Å². The highest BCUT2D eigenvalue weighted by molar-refractivity contribution is 6.17. The highest BCUT2D eigenvalue weighted by Gasteiger charge is 2.34. The summed E-state index contributed by atoms with van der Waals surface area (Å²) in [5.74, 6) is 1.17. The lowest BCUT2D eigenvalue weighted by Gasteiger charge is -2.37. The van der Waals surface area contributed by atoms with Crippen LogP contribution in [0.1, 0.15) is 38.5 Å².